The molecule has 5 aliphatic rings. The molecule has 0 aliphatic carbocycles. The topological polar surface area (TPSA) is 136 Å². The van der Waals surface area contributed by atoms with Crippen LogP contribution in [0, 0.1) is 22.6 Å². The first-order chi connectivity index (χ1) is 24.6. The SMILES string of the molecule is CCOc1ccccc1[C@]1(NC(=O)N2CC3(C2)CN(C2CCN(C4COC4)CC2)C3)C(=O)N(S(=O)(=O)c2ccc(F)cc2)c2ccc(C#N)cc21. The average Bonchev–Trinajstić information content (AvgIpc) is 3.31. The second-order valence-corrected chi connectivity index (χ2v) is 16.0. The number of anilines is 1. The van der Waals surface area contributed by atoms with Crippen LogP contribution in [-0.4, -0.2) is 106 Å². The Hall–Kier alpha value is -4.55. The molecule has 1 atom stereocenters. The normalized spacial score (nSPS) is 23.6. The van der Waals surface area contributed by atoms with Gasteiger partial charge in [-0.15, -0.1) is 0 Å². The number of amides is 3. The second kappa shape index (κ2) is 12.6. The Morgan fingerprint density at radius 1 is 0.980 bits per heavy atom. The van der Waals surface area contributed by atoms with Crippen molar-refractivity contribution in [3.63, 3.8) is 0 Å². The Bertz CT molecular complexity index is 2010. The van der Waals surface area contributed by atoms with Crippen LogP contribution in [0.25, 0.3) is 0 Å². The summed E-state index contributed by atoms with van der Waals surface area (Å²) in [5.74, 6) is -1.34. The van der Waals surface area contributed by atoms with Crippen LogP contribution in [0.15, 0.2) is 71.6 Å². The summed E-state index contributed by atoms with van der Waals surface area (Å²) in [5.41, 5.74) is -1.63. The molecule has 1 N–H and O–H groups in total. The highest BCUT2D eigenvalue weighted by Crippen LogP contribution is 2.50. The first kappa shape index (κ1) is 33.6. The third-order valence-electron chi connectivity index (χ3n) is 11.1. The number of nitrogens with one attached hydrogen (secondary N) is 1. The van der Waals surface area contributed by atoms with Crippen LogP contribution in [0.4, 0.5) is 14.9 Å². The smallest absolute Gasteiger partial charge is 0.318 e. The number of urea groups is 1. The summed E-state index contributed by atoms with van der Waals surface area (Å²) in [6.45, 7) is 8.57. The molecule has 51 heavy (non-hydrogen) atoms. The molecule has 5 aliphatic heterocycles. The number of hydrogen-bond donors (Lipinski definition) is 1. The Kier molecular flexibility index (Phi) is 8.29. The lowest BCUT2D eigenvalue weighted by molar-refractivity contribution is -0.129. The summed E-state index contributed by atoms with van der Waals surface area (Å²) in [5, 5.41) is 12.9. The third kappa shape index (κ3) is 5.45. The summed E-state index contributed by atoms with van der Waals surface area (Å²) in [7, 11) is -4.61. The van der Waals surface area contributed by atoms with Crippen LogP contribution in [0.1, 0.15) is 36.5 Å². The van der Waals surface area contributed by atoms with Crippen molar-refractivity contribution >= 4 is 27.6 Å². The van der Waals surface area contributed by atoms with Crippen LogP contribution in [0.3, 0.4) is 0 Å². The zero-order valence-electron chi connectivity index (χ0n) is 28.3. The Labute approximate surface area is 296 Å². The lowest BCUT2D eigenvalue weighted by Crippen LogP contribution is -2.76. The van der Waals surface area contributed by atoms with Crippen molar-refractivity contribution in [2.45, 2.75) is 42.3 Å². The van der Waals surface area contributed by atoms with E-state index in [-0.39, 0.29) is 45.0 Å². The number of carbonyl (C=O) groups excluding carboxylic acids is 2. The predicted molar refractivity (Wildman–Crippen MR) is 184 cm³/mol. The number of ether oxygens (including phenoxy) is 2. The van der Waals surface area contributed by atoms with Gasteiger partial charge in [0.25, 0.3) is 15.9 Å². The summed E-state index contributed by atoms with van der Waals surface area (Å²) in [6.07, 6.45) is 2.23. The van der Waals surface area contributed by atoms with Crippen molar-refractivity contribution in [3.05, 3.63) is 89.2 Å². The van der Waals surface area contributed by atoms with Gasteiger partial charge in [-0.2, -0.15) is 9.57 Å². The Morgan fingerprint density at radius 2 is 1.69 bits per heavy atom. The average molecular weight is 715 g/mol. The van der Waals surface area contributed by atoms with Crippen LogP contribution in [-0.2, 0) is 25.1 Å². The highest BCUT2D eigenvalue weighted by Gasteiger charge is 2.60. The number of carbonyl (C=O) groups is 2. The van der Waals surface area contributed by atoms with E-state index < -0.39 is 33.3 Å². The second-order valence-electron chi connectivity index (χ2n) is 14.2. The molecule has 1 spiro atoms. The molecule has 0 aromatic heterocycles. The van der Waals surface area contributed by atoms with E-state index in [1.165, 1.54) is 18.2 Å². The van der Waals surface area contributed by atoms with E-state index in [0.717, 1.165) is 76.5 Å². The zero-order valence-corrected chi connectivity index (χ0v) is 29.1. The molecule has 14 heteroatoms. The third-order valence-corrected chi connectivity index (χ3v) is 12.8. The van der Waals surface area contributed by atoms with E-state index >= 15 is 0 Å². The predicted octanol–water partition coefficient (Wildman–Crippen LogP) is 3.27. The van der Waals surface area contributed by atoms with Gasteiger partial charge < -0.3 is 19.7 Å². The molecule has 266 valence electrons. The monoisotopic (exact) mass is 714 g/mol. The number of nitrogens with zero attached hydrogens (tertiary/aromatic N) is 5. The number of hydrogen-bond acceptors (Lipinski definition) is 9. The number of likely N-dealkylation sites (tertiary alicyclic amines) is 3. The molecule has 4 saturated heterocycles. The van der Waals surface area contributed by atoms with E-state index in [0.29, 0.717) is 29.5 Å². The molecule has 0 radical (unpaired) electrons. The van der Waals surface area contributed by atoms with Gasteiger partial charge in [0.05, 0.1) is 48.1 Å². The van der Waals surface area contributed by atoms with E-state index in [2.05, 4.69) is 21.2 Å². The number of piperidine rings is 1. The lowest BCUT2D eigenvalue weighted by atomic mass is 9.71. The molecule has 12 nitrogen and oxygen atoms in total. The number of sulfonamides is 1. The standard InChI is InChI=1S/C37H39FN6O6S/c1-2-50-33-6-4-3-5-30(33)37(31-17-25(18-39)7-12-32(31)44(34(37)45)51(47,48)29-10-8-26(38)9-11-29)40-35(46)43-23-36(24-43)21-42(22-36)27-13-15-41(16-14-27)28-19-49-20-28/h3-12,17,27-28H,2,13-16,19-24H2,1H3,(H,40,46)/t37-/m1/s1. The molecule has 3 amide bonds. The largest absolute Gasteiger partial charge is 0.493 e. The molecule has 0 unspecified atom stereocenters. The molecule has 0 saturated carbocycles. The number of para-hydroxylation sites is 1. The minimum atomic E-state index is -4.61. The maximum atomic E-state index is 15.0. The van der Waals surface area contributed by atoms with E-state index in [1.807, 2.05) is 0 Å². The molecule has 8 rings (SSSR count). The van der Waals surface area contributed by atoms with Gasteiger partial charge in [0.2, 0.25) is 0 Å². The Balaban J connectivity index is 1.09. The number of halogens is 1. The lowest BCUT2D eigenvalue weighted by Gasteiger charge is -2.62. The summed E-state index contributed by atoms with van der Waals surface area (Å²) >= 11 is 0. The van der Waals surface area contributed by atoms with Gasteiger partial charge in [-0.25, -0.2) is 17.6 Å². The molecular formula is C37H39FN6O6S. The van der Waals surface area contributed by atoms with Crippen molar-refractivity contribution in [1.29, 1.82) is 5.26 Å². The molecule has 0 bridgehead atoms. The van der Waals surface area contributed by atoms with Gasteiger partial charge in [0, 0.05) is 61.9 Å². The van der Waals surface area contributed by atoms with Gasteiger partial charge >= 0.3 is 6.03 Å². The van der Waals surface area contributed by atoms with Crippen molar-refractivity contribution in [2.75, 3.05) is 63.4 Å². The molecule has 5 heterocycles. The highest BCUT2D eigenvalue weighted by atomic mass is 32.2. The van der Waals surface area contributed by atoms with E-state index in [9.17, 15) is 27.7 Å². The number of rotatable bonds is 8. The van der Waals surface area contributed by atoms with Crippen LogP contribution >= 0.6 is 0 Å². The summed E-state index contributed by atoms with van der Waals surface area (Å²) < 4.78 is 54.2. The van der Waals surface area contributed by atoms with E-state index in [4.69, 9.17) is 9.47 Å². The van der Waals surface area contributed by atoms with Crippen molar-refractivity contribution in [2.24, 2.45) is 5.41 Å². The van der Waals surface area contributed by atoms with Gasteiger partial charge in [0.15, 0.2) is 5.54 Å². The molecule has 3 aromatic carbocycles. The fourth-order valence-corrected chi connectivity index (χ4v) is 9.85. The van der Waals surface area contributed by atoms with Crippen molar-refractivity contribution in [1.82, 2.24) is 20.0 Å². The maximum absolute atomic E-state index is 15.0. The maximum Gasteiger partial charge on any atom is 0.318 e. The molecular weight excluding hydrogens is 676 g/mol. The minimum absolute atomic E-state index is 0.0273. The van der Waals surface area contributed by atoms with Crippen LogP contribution < -0.4 is 14.4 Å². The number of benzene rings is 3. The van der Waals surface area contributed by atoms with Crippen LogP contribution in [0.2, 0.25) is 0 Å². The van der Waals surface area contributed by atoms with E-state index in [1.54, 1.807) is 36.1 Å². The minimum Gasteiger partial charge on any atom is -0.493 e. The molecule has 3 aromatic rings. The van der Waals surface area contributed by atoms with Crippen molar-refractivity contribution < 1.29 is 31.9 Å². The van der Waals surface area contributed by atoms with Gasteiger partial charge in [-0.3, -0.25) is 14.6 Å². The van der Waals surface area contributed by atoms with Gasteiger partial charge in [0.1, 0.15) is 11.6 Å². The quantitative estimate of drug-likeness (QED) is 0.373. The van der Waals surface area contributed by atoms with Gasteiger partial charge in [-0.05, 0) is 68.3 Å². The zero-order chi connectivity index (χ0) is 35.5. The first-order valence-electron chi connectivity index (χ1n) is 17.3. The number of nitriles is 1. The molecule has 4 fully saturated rings. The Morgan fingerprint density at radius 3 is 2.33 bits per heavy atom. The first-order valence-corrected chi connectivity index (χ1v) is 18.8. The fraction of sp³-hybridized carbons (Fsp3) is 0.432. The fourth-order valence-electron chi connectivity index (χ4n) is 8.39. The highest BCUT2D eigenvalue weighted by molar-refractivity contribution is 7.93. The van der Waals surface area contributed by atoms with Crippen molar-refractivity contribution in [3.8, 4) is 11.8 Å². The number of fused-ring (bicyclic) bond motifs is 1. The summed E-state index contributed by atoms with van der Waals surface area (Å²) in [6, 6.07) is 17.7. The van der Waals surface area contributed by atoms with Gasteiger partial charge in [-0.1, -0.05) is 18.2 Å². The summed E-state index contributed by atoms with van der Waals surface area (Å²) in [4.78, 5) is 35.6. The van der Waals surface area contributed by atoms with Crippen LogP contribution in [0.5, 0.6) is 5.75 Å².